The summed E-state index contributed by atoms with van der Waals surface area (Å²) in [6.07, 6.45) is 1.87. The molecule has 0 bridgehead atoms. The Kier molecular flexibility index (Phi) is 5.03. The van der Waals surface area contributed by atoms with Gasteiger partial charge in [-0.25, -0.2) is 0 Å². The first kappa shape index (κ1) is 17.5. The molecule has 120 valence electrons. The molecular formula is C15H25B2F2N3. The second-order valence-corrected chi connectivity index (χ2v) is 6.99. The van der Waals surface area contributed by atoms with Crippen molar-refractivity contribution in [3.8, 4) is 0 Å². The van der Waals surface area contributed by atoms with E-state index in [2.05, 4.69) is 31.4 Å². The Hall–Kier alpha value is -0.870. The lowest BCUT2D eigenvalue weighted by molar-refractivity contribution is -0.0284. The van der Waals surface area contributed by atoms with Crippen molar-refractivity contribution in [3.05, 3.63) is 11.4 Å². The van der Waals surface area contributed by atoms with Gasteiger partial charge in [-0.15, -0.1) is 5.10 Å². The molecule has 1 aromatic heterocycles. The molecule has 0 fully saturated rings. The molecule has 1 aliphatic rings. The summed E-state index contributed by atoms with van der Waals surface area (Å²) < 4.78 is 30.8. The molecule has 0 aromatic carbocycles. The summed E-state index contributed by atoms with van der Waals surface area (Å²) in [6, 6.07) is 0. The molecule has 0 amide bonds. The fraction of sp³-hybridized carbons (Fsp3) is 0.867. The summed E-state index contributed by atoms with van der Waals surface area (Å²) in [7, 11) is 4.09. The Morgan fingerprint density at radius 3 is 2.59 bits per heavy atom. The highest BCUT2D eigenvalue weighted by molar-refractivity contribution is 6.38. The lowest BCUT2D eigenvalue weighted by Gasteiger charge is -2.36. The Balaban J connectivity index is 2.37. The molecule has 0 spiro atoms. The van der Waals surface area contributed by atoms with Crippen molar-refractivity contribution in [2.75, 3.05) is 0 Å². The van der Waals surface area contributed by atoms with Gasteiger partial charge in [-0.1, -0.05) is 44.9 Å². The number of halogens is 2. The first-order valence-electron chi connectivity index (χ1n) is 8.15. The number of alkyl halides is 2. The van der Waals surface area contributed by atoms with E-state index in [4.69, 9.17) is 0 Å². The standard InChI is InChI=1S/C15H25B2F2N3/c1-10(16-4)22-12-7-6-11(14(2,3)17-5)8-9-15(18,19)13(12)20-21-22/h10-11H,6-9H2,1-5H3. The molecule has 2 rings (SSSR count). The average molecular weight is 307 g/mol. The molecule has 0 saturated heterocycles. The van der Waals surface area contributed by atoms with E-state index in [9.17, 15) is 8.78 Å². The fourth-order valence-corrected chi connectivity index (χ4v) is 3.21. The van der Waals surface area contributed by atoms with Crippen LogP contribution in [0.3, 0.4) is 0 Å². The summed E-state index contributed by atoms with van der Waals surface area (Å²) in [5, 5.41) is 7.79. The SMILES string of the molecule is C[B]C(C)n1nnc2c1CCC(C(C)(C)[B]C)CCC2(F)F. The third-order valence-corrected chi connectivity index (χ3v) is 5.34. The zero-order valence-electron chi connectivity index (χ0n) is 14.2. The van der Waals surface area contributed by atoms with Crippen molar-refractivity contribution in [2.24, 2.45) is 5.92 Å². The number of hydrogen-bond acceptors (Lipinski definition) is 2. The molecular weight excluding hydrogens is 282 g/mol. The van der Waals surface area contributed by atoms with Crippen LogP contribution in [0.15, 0.2) is 0 Å². The molecule has 1 aromatic rings. The topological polar surface area (TPSA) is 30.7 Å². The summed E-state index contributed by atoms with van der Waals surface area (Å²) in [4.78, 5) is 0. The first-order chi connectivity index (χ1) is 10.2. The van der Waals surface area contributed by atoms with Gasteiger partial charge in [-0.2, -0.15) is 8.78 Å². The van der Waals surface area contributed by atoms with E-state index in [0.29, 0.717) is 18.5 Å². The van der Waals surface area contributed by atoms with Gasteiger partial charge in [0.05, 0.1) is 5.69 Å². The zero-order chi connectivity index (χ0) is 16.5. The number of aromatic nitrogens is 3. The normalized spacial score (nSPS) is 23.1. The second-order valence-electron chi connectivity index (χ2n) is 6.99. The van der Waals surface area contributed by atoms with Gasteiger partial charge in [0, 0.05) is 12.4 Å². The van der Waals surface area contributed by atoms with Gasteiger partial charge >= 0.3 is 0 Å². The van der Waals surface area contributed by atoms with Crippen LogP contribution in [0.5, 0.6) is 0 Å². The molecule has 22 heavy (non-hydrogen) atoms. The van der Waals surface area contributed by atoms with Crippen molar-refractivity contribution in [2.45, 2.75) is 77.3 Å². The molecule has 1 heterocycles. The lowest BCUT2D eigenvalue weighted by atomic mass is 9.49. The number of fused-ring (bicyclic) bond motifs is 1. The van der Waals surface area contributed by atoms with Gasteiger partial charge in [0.25, 0.3) is 5.92 Å². The second kappa shape index (κ2) is 6.32. The highest BCUT2D eigenvalue weighted by Gasteiger charge is 2.42. The smallest absolute Gasteiger partial charge is 0.254 e. The lowest BCUT2D eigenvalue weighted by Crippen LogP contribution is -2.29. The Bertz CT molecular complexity index is 517. The summed E-state index contributed by atoms with van der Waals surface area (Å²) in [6.45, 7) is 10.2. The third-order valence-electron chi connectivity index (χ3n) is 5.34. The first-order valence-corrected chi connectivity index (χ1v) is 8.15. The van der Waals surface area contributed by atoms with E-state index in [0.717, 1.165) is 6.42 Å². The molecule has 2 radical (unpaired) electrons. The number of nitrogens with zero attached hydrogens (tertiary/aromatic N) is 3. The fourth-order valence-electron chi connectivity index (χ4n) is 3.21. The van der Waals surface area contributed by atoms with Crippen LogP contribution in [0, 0.1) is 5.92 Å². The van der Waals surface area contributed by atoms with E-state index in [1.807, 2.05) is 27.8 Å². The van der Waals surface area contributed by atoms with Crippen LogP contribution in [0.25, 0.3) is 0 Å². The Morgan fingerprint density at radius 1 is 1.32 bits per heavy atom. The van der Waals surface area contributed by atoms with Crippen LogP contribution in [-0.2, 0) is 12.3 Å². The average Bonchev–Trinajstić information content (AvgIpc) is 2.88. The van der Waals surface area contributed by atoms with Crippen LogP contribution < -0.4 is 0 Å². The predicted molar refractivity (Wildman–Crippen MR) is 86.9 cm³/mol. The van der Waals surface area contributed by atoms with Crippen LogP contribution >= 0.6 is 0 Å². The minimum Gasteiger partial charge on any atom is -0.254 e. The van der Waals surface area contributed by atoms with Crippen LogP contribution in [0.4, 0.5) is 8.78 Å². The molecule has 2 atom stereocenters. The monoisotopic (exact) mass is 307 g/mol. The zero-order valence-corrected chi connectivity index (χ0v) is 14.2. The molecule has 7 heteroatoms. The van der Waals surface area contributed by atoms with Crippen molar-refractivity contribution in [1.29, 1.82) is 0 Å². The Labute approximate surface area is 133 Å². The van der Waals surface area contributed by atoms with Gasteiger partial charge in [0.15, 0.2) is 5.69 Å². The molecule has 3 nitrogen and oxygen atoms in total. The van der Waals surface area contributed by atoms with Crippen molar-refractivity contribution >= 4 is 14.6 Å². The van der Waals surface area contributed by atoms with E-state index >= 15 is 0 Å². The minimum atomic E-state index is -2.89. The highest BCUT2D eigenvalue weighted by atomic mass is 19.3. The van der Waals surface area contributed by atoms with Crippen LogP contribution in [0.2, 0.25) is 19.0 Å². The van der Waals surface area contributed by atoms with Gasteiger partial charge in [0.1, 0.15) is 14.6 Å². The van der Waals surface area contributed by atoms with Gasteiger partial charge < -0.3 is 0 Å². The van der Waals surface area contributed by atoms with E-state index in [1.165, 1.54) is 0 Å². The van der Waals surface area contributed by atoms with Gasteiger partial charge in [-0.05, 0) is 25.2 Å². The highest BCUT2D eigenvalue weighted by Crippen LogP contribution is 2.45. The molecule has 0 saturated carbocycles. The summed E-state index contributed by atoms with van der Waals surface area (Å²) >= 11 is 0. The predicted octanol–water partition coefficient (Wildman–Crippen LogP) is 3.93. The maximum absolute atomic E-state index is 14.5. The Morgan fingerprint density at radius 2 is 2.00 bits per heavy atom. The quantitative estimate of drug-likeness (QED) is 0.789. The number of rotatable bonds is 4. The summed E-state index contributed by atoms with van der Waals surface area (Å²) in [5.74, 6) is -2.65. The van der Waals surface area contributed by atoms with Gasteiger partial charge in [-0.3, -0.25) is 4.68 Å². The number of hydrogen-bond donors (Lipinski definition) is 0. The maximum atomic E-state index is 14.5. The minimum absolute atomic E-state index is 0.0179. The molecule has 1 aliphatic carbocycles. The van der Waals surface area contributed by atoms with Crippen molar-refractivity contribution < 1.29 is 8.78 Å². The largest absolute Gasteiger partial charge is 0.293 e. The van der Waals surface area contributed by atoms with Crippen molar-refractivity contribution in [3.63, 3.8) is 0 Å². The van der Waals surface area contributed by atoms with E-state index in [-0.39, 0.29) is 29.3 Å². The third kappa shape index (κ3) is 3.23. The van der Waals surface area contributed by atoms with E-state index < -0.39 is 5.92 Å². The molecule has 0 aliphatic heterocycles. The van der Waals surface area contributed by atoms with Crippen LogP contribution in [-0.4, -0.2) is 29.6 Å². The molecule has 2 unspecified atom stereocenters. The van der Waals surface area contributed by atoms with Crippen molar-refractivity contribution in [1.82, 2.24) is 15.0 Å². The van der Waals surface area contributed by atoms with E-state index in [1.54, 1.807) is 4.68 Å². The van der Waals surface area contributed by atoms with Crippen LogP contribution in [0.1, 0.15) is 57.4 Å². The maximum Gasteiger partial charge on any atom is 0.293 e. The molecule has 0 N–H and O–H groups in total. The van der Waals surface area contributed by atoms with Gasteiger partial charge in [0.2, 0.25) is 0 Å². The summed E-state index contributed by atoms with van der Waals surface area (Å²) in [5.41, 5.74) is 0.491.